The van der Waals surface area contributed by atoms with E-state index >= 15 is 0 Å². The van der Waals surface area contributed by atoms with E-state index in [1.54, 1.807) is 12.5 Å². The second-order valence-electron chi connectivity index (χ2n) is 2.96. The Hall–Kier alpha value is -1.22. The first-order valence-electron chi connectivity index (χ1n) is 4.36. The van der Waals surface area contributed by atoms with Crippen LogP contribution in [0, 0.1) is 0 Å². The van der Waals surface area contributed by atoms with Crippen molar-refractivity contribution in [3.8, 4) is 0 Å². The lowest BCUT2D eigenvalue weighted by atomic mass is 10.3. The Kier molecular flexibility index (Phi) is 2.67. The molecule has 1 aliphatic heterocycles. The summed E-state index contributed by atoms with van der Waals surface area (Å²) in [5.41, 5.74) is 0. The first kappa shape index (κ1) is 8.38. The molecule has 2 heterocycles. The molecule has 0 saturated heterocycles. The monoisotopic (exact) mass is 180 g/mol. The minimum atomic E-state index is 0.190. The van der Waals surface area contributed by atoms with Crippen LogP contribution in [0.25, 0.3) is 0 Å². The molecule has 1 aromatic heterocycles. The van der Waals surface area contributed by atoms with E-state index in [-0.39, 0.29) is 6.10 Å². The number of furan rings is 1. The third kappa shape index (κ3) is 2.36. The average molecular weight is 180 g/mol. The Morgan fingerprint density at radius 1 is 1.54 bits per heavy atom. The van der Waals surface area contributed by atoms with Crippen LogP contribution < -0.4 is 0 Å². The van der Waals surface area contributed by atoms with Crippen molar-refractivity contribution in [3.05, 3.63) is 36.5 Å². The molecule has 0 spiro atoms. The Labute approximate surface area is 76.9 Å². The molecule has 13 heavy (non-hydrogen) atoms. The van der Waals surface area contributed by atoms with Crippen molar-refractivity contribution in [2.24, 2.45) is 0 Å². The van der Waals surface area contributed by atoms with Crippen molar-refractivity contribution >= 4 is 0 Å². The van der Waals surface area contributed by atoms with Crippen LogP contribution in [0.15, 0.2) is 35.2 Å². The lowest BCUT2D eigenvalue weighted by Gasteiger charge is -2.09. The fraction of sp³-hybridized carbons (Fsp3) is 0.400. The van der Waals surface area contributed by atoms with Gasteiger partial charge in [0.05, 0.1) is 19.1 Å². The maximum Gasteiger partial charge on any atom is 0.129 e. The third-order valence-corrected chi connectivity index (χ3v) is 1.89. The minimum absolute atomic E-state index is 0.190. The highest BCUT2D eigenvalue weighted by atomic mass is 16.5. The van der Waals surface area contributed by atoms with Gasteiger partial charge in [0.25, 0.3) is 0 Å². The molecule has 0 aromatic carbocycles. The van der Waals surface area contributed by atoms with E-state index in [1.807, 2.05) is 18.2 Å². The number of rotatable bonds is 4. The van der Waals surface area contributed by atoms with Gasteiger partial charge in [0, 0.05) is 6.42 Å². The van der Waals surface area contributed by atoms with Crippen molar-refractivity contribution in [1.29, 1.82) is 0 Å². The Morgan fingerprint density at radius 3 is 3.23 bits per heavy atom. The van der Waals surface area contributed by atoms with Gasteiger partial charge in [-0.1, -0.05) is 0 Å². The van der Waals surface area contributed by atoms with Gasteiger partial charge in [-0.3, -0.25) is 0 Å². The van der Waals surface area contributed by atoms with Gasteiger partial charge in [0.1, 0.15) is 18.5 Å². The molecule has 70 valence electrons. The molecule has 0 amide bonds. The van der Waals surface area contributed by atoms with E-state index in [1.165, 1.54) is 0 Å². The zero-order valence-electron chi connectivity index (χ0n) is 7.31. The fourth-order valence-electron chi connectivity index (χ4n) is 1.22. The van der Waals surface area contributed by atoms with Gasteiger partial charge in [-0.15, -0.1) is 0 Å². The fourth-order valence-corrected chi connectivity index (χ4v) is 1.22. The molecule has 3 nitrogen and oxygen atoms in total. The van der Waals surface area contributed by atoms with Crippen LogP contribution in [0.3, 0.4) is 0 Å². The molecule has 0 saturated carbocycles. The molecule has 0 aliphatic carbocycles. The van der Waals surface area contributed by atoms with Crippen LogP contribution in [0.2, 0.25) is 0 Å². The Bertz CT molecular complexity index is 256. The van der Waals surface area contributed by atoms with Crippen molar-refractivity contribution in [2.75, 3.05) is 6.61 Å². The third-order valence-electron chi connectivity index (χ3n) is 1.89. The maximum atomic E-state index is 5.40. The van der Waals surface area contributed by atoms with E-state index in [0.717, 1.165) is 12.2 Å². The van der Waals surface area contributed by atoms with Gasteiger partial charge < -0.3 is 13.9 Å². The quantitative estimate of drug-likeness (QED) is 0.711. The summed E-state index contributed by atoms with van der Waals surface area (Å²) >= 11 is 0. The van der Waals surface area contributed by atoms with E-state index < -0.39 is 0 Å². The highest BCUT2D eigenvalue weighted by molar-refractivity contribution is 4.96. The second-order valence-corrected chi connectivity index (χ2v) is 2.96. The maximum absolute atomic E-state index is 5.40. The molecule has 0 N–H and O–H groups in total. The van der Waals surface area contributed by atoms with E-state index in [9.17, 15) is 0 Å². The van der Waals surface area contributed by atoms with Gasteiger partial charge in [-0.05, 0) is 18.2 Å². The molecule has 0 radical (unpaired) electrons. The lowest BCUT2D eigenvalue weighted by Crippen LogP contribution is -2.13. The summed E-state index contributed by atoms with van der Waals surface area (Å²) in [6.07, 6.45) is 6.50. The predicted octanol–water partition coefficient (Wildman–Crippen LogP) is 2.10. The molecule has 1 aromatic rings. The molecule has 0 fully saturated rings. The zero-order chi connectivity index (χ0) is 8.93. The van der Waals surface area contributed by atoms with E-state index in [2.05, 4.69) is 0 Å². The van der Waals surface area contributed by atoms with Gasteiger partial charge in [-0.25, -0.2) is 0 Å². The van der Waals surface area contributed by atoms with Crippen molar-refractivity contribution in [1.82, 2.24) is 0 Å². The summed E-state index contributed by atoms with van der Waals surface area (Å²) in [6.45, 7) is 1.14. The SMILES string of the molecule is C1=COC(COCc2ccco2)C1. The van der Waals surface area contributed by atoms with Crippen LogP contribution in [0.1, 0.15) is 12.2 Å². The summed E-state index contributed by atoms with van der Waals surface area (Å²) in [5, 5.41) is 0. The summed E-state index contributed by atoms with van der Waals surface area (Å²) in [5.74, 6) is 0.853. The van der Waals surface area contributed by atoms with Crippen LogP contribution in [-0.2, 0) is 16.1 Å². The predicted molar refractivity (Wildman–Crippen MR) is 47.0 cm³/mol. The second kappa shape index (κ2) is 4.14. The Balaban J connectivity index is 1.64. The number of hydrogen-bond acceptors (Lipinski definition) is 3. The molecule has 1 atom stereocenters. The van der Waals surface area contributed by atoms with Crippen molar-refractivity contribution in [2.45, 2.75) is 19.1 Å². The standard InChI is InChI=1S/C10H12O3/c1-3-9(12-5-1)7-11-8-10-4-2-6-13-10/h1-3,5-6,10H,4,7-8H2. The van der Waals surface area contributed by atoms with Crippen molar-refractivity contribution < 1.29 is 13.9 Å². The van der Waals surface area contributed by atoms with Crippen LogP contribution >= 0.6 is 0 Å². The van der Waals surface area contributed by atoms with Crippen molar-refractivity contribution in [3.63, 3.8) is 0 Å². The lowest BCUT2D eigenvalue weighted by molar-refractivity contribution is 0.0248. The normalized spacial score (nSPS) is 20.5. The van der Waals surface area contributed by atoms with E-state index in [4.69, 9.17) is 13.9 Å². The van der Waals surface area contributed by atoms with Gasteiger partial charge >= 0.3 is 0 Å². The number of ether oxygens (including phenoxy) is 2. The first-order chi connectivity index (χ1) is 6.45. The number of hydrogen-bond donors (Lipinski definition) is 0. The molecular formula is C10H12O3. The summed E-state index contributed by atoms with van der Waals surface area (Å²) in [7, 11) is 0. The summed E-state index contributed by atoms with van der Waals surface area (Å²) in [4.78, 5) is 0. The molecule has 2 rings (SSSR count). The van der Waals surface area contributed by atoms with Crippen LogP contribution in [0.4, 0.5) is 0 Å². The molecule has 0 bridgehead atoms. The molecular weight excluding hydrogens is 168 g/mol. The first-order valence-corrected chi connectivity index (χ1v) is 4.36. The summed E-state index contributed by atoms with van der Waals surface area (Å²) in [6, 6.07) is 3.75. The Morgan fingerprint density at radius 2 is 2.54 bits per heavy atom. The van der Waals surface area contributed by atoms with Gasteiger partial charge in [-0.2, -0.15) is 0 Å². The van der Waals surface area contributed by atoms with Crippen LogP contribution in [0.5, 0.6) is 0 Å². The average Bonchev–Trinajstić information content (AvgIpc) is 2.75. The highest BCUT2D eigenvalue weighted by Crippen LogP contribution is 2.10. The highest BCUT2D eigenvalue weighted by Gasteiger charge is 2.11. The largest absolute Gasteiger partial charge is 0.496 e. The van der Waals surface area contributed by atoms with Crippen LogP contribution in [-0.4, -0.2) is 12.7 Å². The summed E-state index contributed by atoms with van der Waals surface area (Å²) < 4.78 is 15.8. The molecule has 1 unspecified atom stereocenters. The smallest absolute Gasteiger partial charge is 0.129 e. The molecule has 1 aliphatic rings. The topological polar surface area (TPSA) is 31.6 Å². The van der Waals surface area contributed by atoms with Gasteiger partial charge in [0.2, 0.25) is 0 Å². The van der Waals surface area contributed by atoms with E-state index in [0.29, 0.717) is 13.2 Å². The zero-order valence-corrected chi connectivity index (χ0v) is 7.31. The van der Waals surface area contributed by atoms with Gasteiger partial charge in [0.15, 0.2) is 0 Å². The molecule has 3 heteroatoms. The minimum Gasteiger partial charge on any atom is -0.496 e.